The fourth-order valence-corrected chi connectivity index (χ4v) is 3.42. The van der Waals surface area contributed by atoms with Gasteiger partial charge in [-0.2, -0.15) is 0 Å². The number of anilines is 1. The Morgan fingerprint density at radius 1 is 1.30 bits per heavy atom. The maximum absolute atomic E-state index is 12.1. The Morgan fingerprint density at radius 3 is 2.60 bits per heavy atom. The Morgan fingerprint density at radius 2 is 1.95 bits per heavy atom. The first-order valence-corrected chi connectivity index (χ1v) is 7.49. The molecule has 0 aliphatic carbocycles. The number of rotatable bonds is 3. The van der Waals surface area contributed by atoms with E-state index in [0.717, 1.165) is 48.2 Å². The number of fused-ring (bicyclic) bond motifs is 1. The molecule has 3 rings (SSSR count). The molecule has 0 bridgehead atoms. The van der Waals surface area contributed by atoms with E-state index in [9.17, 15) is 4.79 Å². The van der Waals surface area contributed by atoms with Crippen molar-refractivity contribution in [3.8, 4) is 0 Å². The standard InChI is InChI=1S/C14H18BrN3O.ClH/c15-12-3-1-2-4-13(12)17-14(19)9-18-7-10-5-16-6-11(10)8-18;/h1-4,10-11,16H,5-9H2,(H,17,19);1H/t10-,11+;. The van der Waals surface area contributed by atoms with Crippen molar-refractivity contribution in [2.24, 2.45) is 11.8 Å². The number of likely N-dealkylation sites (tertiary alicyclic amines) is 1. The molecule has 2 aliphatic heterocycles. The second-order valence-corrected chi connectivity index (χ2v) is 6.25. The van der Waals surface area contributed by atoms with Crippen LogP contribution in [0.4, 0.5) is 5.69 Å². The van der Waals surface area contributed by atoms with Gasteiger partial charge in [-0.3, -0.25) is 9.69 Å². The van der Waals surface area contributed by atoms with Crippen LogP contribution in [0.25, 0.3) is 0 Å². The Kier molecular flexibility index (Phi) is 5.43. The van der Waals surface area contributed by atoms with Gasteiger partial charge in [0, 0.05) is 17.6 Å². The first-order chi connectivity index (χ1) is 9.22. The largest absolute Gasteiger partial charge is 0.324 e. The first kappa shape index (κ1) is 15.8. The van der Waals surface area contributed by atoms with Crippen LogP contribution in [0.3, 0.4) is 0 Å². The zero-order chi connectivity index (χ0) is 13.2. The summed E-state index contributed by atoms with van der Waals surface area (Å²) in [6, 6.07) is 7.70. The lowest BCUT2D eigenvalue weighted by Gasteiger charge is -2.16. The molecule has 110 valence electrons. The number of hydrogen-bond acceptors (Lipinski definition) is 3. The number of carbonyl (C=O) groups is 1. The van der Waals surface area contributed by atoms with E-state index in [-0.39, 0.29) is 18.3 Å². The molecule has 2 atom stereocenters. The molecule has 0 spiro atoms. The number of carbonyl (C=O) groups excluding carboxylic acids is 1. The topological polar surface area (TPSA) is 44.4 Å². The van der Waals surface area contributed by atoms with Gasteiger partial charge in [-0.05, 0) is 53.0 Å². The first-order valence-electron chi connectivity index (χ1n) is 6.70. The zero-order valence-corrected chi connectivity index (χ0v) is 13.5. The number of halogens is 2. The van der Waals surface area contributed by atoms with Crippen LogP contribution >= 0.6 is 28.3 Å². The maximum atomic E-state index is 12.1. The van der Waals surface area contributed by atoms with Crippen molar-refractivity contribution in [3.05, 3.63) is 28.7 Å². The highest BCUT2D eigenvalue weighted by Crippen LogP contribution is 2.26. The number of benzene rings is 1. The summed E-state index contributed by atoms with van der Waals surface area (Å²) in [5, 5.41) is 6.37. The molecule has 2 fully saturated rings. The maximum Gasteiger partial charge on any atom is 0.238 e. The van der Waals surface area contributed by atoms with Crippen LogP contribution < -0.4 is 10.6 Å². The summed E-state index contributed by atoms with van der Waals surface area (Å²) >= 11 is 3.44. The highest BCUT2D eigenvalue weighted by molar-refractivity contribution is 9.10. The lowest BCUT2D eigenvalue weighted by Crippen LogP contribution is -2.33. The number of nitrogens with zero attached hydrogens (tertiary/aromatic N) is 1. The number of para-hydroxylation sites is 1. The lowest BCUT2D eigenvalue weighted by atomic mass is 10.0. The molecule has 2 saturated heterocycles. The van der Waals surface area contributed by atoms with Gasteiger partial charge in [-0.25, -0.2) is 0 Å². The molecule has 0 unspecified atom stereocenters. The van der Waals surface area contributed by atoms with Gasteiger partial charge in [0.2, 0.25) is 5.91 Å². The summed E-state index contributed by atoms with van der Waals surface area (Å²) in [6.07, 6.45) is 0. The predicted molar refractivity (Wildman–Crippen MR) is 86.3 cm³/mol. The average molecular weight is 361 g/mol. The number of nitrogens with one attached hydrogen (secondary N) is 2. The van der Waals surface area contributed by atoms with E-state index in [4.69, 9.17) is 0 Å². The highest BCUT2D eigenvalue weighted by Gasteiger charge is 2.36. The van der Waals surface area contributed by atoms with E-state index < -0.39 is 0 Å². The molecule has 20 heavy (non-hydrogen) atoms. The molecule has 6 heteroatoms. The fraction of sp³-hybridized carbons (Fsp3) is 0.500. The average Bonchev–Trinajstić information content (AvgIpc) is 2.92. The Hall–Kier alpha value is -0.620. The Bertz CT molecular complexity index is 473. The van der Waals surface area contributed by atoms with Crippen molar-refractivity contribution < 1.29 is 4.79 Å². The van der Waals surface area contributed by atoms with Crippen LogP contribution in [-0.2, 0) is 4.79 Å². The molecule has 4 nitrogen and oxygen atoms in total. The van der Waals surface area contributed by atoms with Crippen molar-refractivity contribution in [3.63, 3.8) is 0 Å². The molecular formula is C14H19BrClN3O. The third-order valence-corrected chi connectivity index (χ3v) is 4.67. The van der Waals surface area contributed by atoms with Gasteiger partial charge >= 0.3 is 0 Å². The van der Waals surface area contributed by atoms with Crippen molar-refractivity contribution in [2.45, 2.75) is 0 Å². The van der Waals surface area contributed by atoms with Gasteiger partial charge in [-0.1, -0.05) is 12.1 Å². The monoisotopic (exact) mass is 359 g/mol. The smallest absolute Gasteiger partial charge is 0.238 e. The minimum Gasteiger partial charge on any atom is -0.324 e. The van der Waals surface area contributed by atoms with Gasteiger partial charge in [0.1, 0.15) is 0 Å². The molecule has 2 aliphatic rings. The lowest BCUT2D eigenvalue weighted by molar-refractivity contribution is -0.117. The molecule has 1 aromatic rings. The summed E-state index contributed by atoms with van der Waals surface area (Å²) < 4.78 is 0.922. The van der Waals surface area contributed by atoms with Crippen molar-refractivity contribution in [1.82, 2.24) is 10.2 Å². The molecule has 1 aromatic carbocycles. The quantitative estimate of drug-likeness (QED) is 0.866. The second-order valence-electron chi connectivity index (χ2n) is 5.40. The van der Waals surface area contributed by atoms with Crippen LogP contribution in [0.15, 0.2) is 28.7 Å². The van der Waals surface area contributed by atoms with Crippen LogP contribution in [0, 0.1) is 11.8 Å². The molecule has 2 N–H and O–H groups in total. The van der Waals surface area contributed by atoms with Crippen molar-refractivity contribution in [2.75, 3.05) is 38.0 Å². The molecule has 0 radical (unpaired) electrons. The summed E-state index contributed by atoms with van der Waals surface area (Å²) in [4.78, 5) is 14.3. The Balaban J connectivity index is 0.00000147. The van der Waals surface area contributed by atoms with Gasteiger partial charge < -0.3 is 10.6 Å². The van der Waals surface area contributed by atoms with Gasteiger partial charge in [-0.15, -0.1) is 12.4 Å². The predicted octanol–water partition coefficient (Wildman–Crippen LogP) is 1.96. The summed E-state index contributed by atoms with van der Waals surface area (Å²) in [5.41, 5.74) is 0.841. The summed E-state index contributed by atoms with van der Waals surface area (Å²) in [5.74, 6) is 1.53. The summed E-state index contributed by atoms with van der Waals surface area (Å²) in [7, 11) is 0. The second kappa shape index (κ2) is 6.89. The fourth-order valence-electron chi connectivity index (χ4n) is 3.04. The van der Waals surface area contributed by atoms with Gasteiger partial charge in [0.25, 0.3) is 0 Å². The molecule has 0 saturated carbocycles. The zero-order valence-electron chi connectivity index (χ0n) is 11.1. The minimum atomic E-state index is 0. The van der Waals surface area contributed by atoms with Crippen LogP contribution in [0.5, 0.6) is 0 Å². The van der Waals surface area contributed by atoms with Crippen LogP contribution in [0.2, 0.25) is 0 Å². The van der Waals surface area contributed by atoms with Crippen LogP contribution in [0.1, 0.15) is 0 Å². The summed E-state index contributed by atoms with van der Waals surface area (Å²) in [6.45, 7) is 4.79. The third-order valence-electron chi connectivity index (χ3n) is 3.98. The van der Waals surface area contributed by atoms with Gasteiger partial charge in [0.15, 0.2) is 0 Å². The molecule has 2 heterocycles. The van der Waals surface area contributed by atoms with Crippen LogP contribution in [-0.4, -0.2) is 43.5 Å². The van der Waals surface area contributed by atoms with Gasteiger partial charge in [0.05, 0.1) is 12.2 Å². The van der Waals surface area contributed by atoms with E-state index in [2.05, 4.69) is 31.5 Å². The Labute approximate surface area is 133 Å². The number of amides is 1. The van der Waals surface area contributed by atoms with E-state index >= 15 is 0 Å². The molecule has 0 aromatic heterocycles. The van der Waals surface area contributed by atoms with E-state index in [1.165, 1.54) is 0 Å². The van der Waals surface area contributed by atoms with E-state index in [1.54, 1.807) is 0 Å². The SMILES string of the molecule is Cl.O=C(CN1C[C@H]2CNC[C@H]2C1)Nc1ccccc1Br. The van der Waals surface area contributed by atoms with E-state index in [0.29, 0.717) is 6.54 Å². The van der Waals surface area contributed by atoms with E-state index in [1.807, 2.05) is 24.3 Å². The minimum absolute atomic E-state index is 0. The third kappa shape index (κ3) is 3.52. The number of hydrogen-bond donors (Lipinski definition) is 2. The highest BCUT2D eigenvalue weighted by atomic mass is 79.9. The normalized spacial score (nSPS) is 25.1. The van der Waals surface area contributed by atoms with Crippen molar-refractivity contribution in [1.29, 1.82) is 0 Å². The van der Waals surface area contributed by atoms with Crippen molar-refractivity contribution >= 4 is 39.9 Å². The molecule has 1 amide bonds. The molecular weight excluding hydrogens is 342 g/mol.